The van der Waals surface area contributed by atoms with Crippen molar-refractivity contribution in [1.29, 1.82) is 5.41 Å². The molecule has 1 aliphatic rings. The summed E-state index contributed by atoms with van der Waals surface area (Å²) >= 11 is 0. The van der Waals surface area contributed by atoms with Crippen LogP contribution >= 0.6 is 0 Å². The van der Waals surface area contributed by atoms with Gasteiger partial charge in [0.05, 0.1) is 18.4 Å². The molecule has 0 spiro atoms. The molecule has 0 amide bonds. The number of aromatic nitrogens is 4. The van der Waals surface area contributed by atoms with Gasteiger partial charge in [0.25, 0.3) is 0 Å². The van der Waals surface area contributed by atoms with E-state index in [0.29, 0.717) is 37.8 Å². The number of nitrogens with one attached hydrogen (secondary N) is 6. The summed E-state index contributed by atoms with van der Waals surface area (Å²) in [7, 11) is 0. The van der Waals surface area contributed by atoms with Crippen LogP contribution in [0.4, 0.5) is 5.82 Å². The van der Waals surface area contributed by atoms with Crippen molar-refractivity contribution in [1.82, 2.24) is 35.5 Å². The number of piperidine rings is 1. The van der Waals surface area contributed by atoms with E-state index in [1.165, 1.54) is 0 Å². The van der Waals surface area contributed by atoms with E-state index in [1.807, 2.05) is 48.7 Å². The van der Waals surface area contributed by atoms with E-state index in [1.54, 1.807) is 10.8 Å². The summed E-state index contributed by atoms with van der Waals surface area (Å²) in [6, 6.07) is 16.1. The highest BCUT2D eigenvalue weighted by molar-refractivity contribution is 5.75. The molecule has 0 bridgehead atoms. The van der Waals surface area contributed by atoms with Gasteiger partial charge >= 0.3 is 5.69 Å². The van der Waals surface area contributed by atoms with E-state index in [-0.39, 0.29) is 17.8 Å². The Balaban J connectivity index is 1.18. The summed E-state index contributed by atoms with van der Waals surface area (Å²) in [5.41, 5.74) is 8.50. The average molecular weight is 573 g/mol. The summed E-state index contributed by atoms with van der Waals surface area (Å²) in [6.45, 7) is 4.50. The maximum atomic E-state index is 12.8. The Morgan fingerprint density at radius 2 is 2.00 bits per heavy atom. The summed E-state index contributed by atoms with van der Waals surface area (Å²) in [4.78, 5) is 24.7. The van der Waals surface area contributed by atoms with Crippen molar-refractivity contribution in [2.24, 2.45) is 5.73 Å². The highest BCUT2D eigenvalue weighted by Crippen LogP contribution is 2.16. The molecule has 0 radical (unpaired) electrons. The number of ether oxygens (including phenoxy) is 1. The minimum Gasteiger partial charge on any atom is -0.372 e. The molecular weight excluding hydrogens is 532 g/mol. The summed E-state index contributed by atoms with van der Waals surface area (Å²) < 4.78 is 7.77. The number of fused-ring (bicyclic) bond motifs is 1. The number of anilines is 1. The molecule has 1 saturated heterocycles. The number of aromatic amines is 1. The minimum atomic E-state index is -0.327. The maximum absolute atomic E-state index is 12.8. The molecule has 0 unspecified atom stereocenters. The Morgan fingerprint density at radius 1 is 1.17 bits per heavy atom. The minimum absolute atomic E-state index is 0.0644. The molecule has 12 heteroatoms. The zero-order valence-electron chi connectivity index (χ0n) is 23.7. The van der Waals surface area contributed by atoms with Crippen LogP contribution in [0.2, 0.25) is 0 Å². The zero-order valence-corrected chi connectivity index (χ0v) is 23.7. The van der Waals surface area contributed by atoms with Gasteiger partial charge in [-0.1, -0.05) is 18.2 Å². The third kappa shape index (κ3) is 8.38. The third-order valence-corrected chi connectivity index (χ3v) is 7.39. The van der Waals surface area contributed by atoms with Crippen LogP contribution < -0.4 is 32.7 Å². The van der Waals surface area contributed by atoms with Crippen LogP contribution in [-0.4, -0.2) is 70.3 Å². The van der Waals surface area contributed by atoms with Crippen LogP contribution in [-0.2, 0) is 17.8 Å². The van der Waals surface area contributed by atoms with Gasteiger partial charge < -0.3 is 36.7 Å². The molecule has 12 nitrogen and oxygen atoms in total. The number of H-pyrrole nitrogens is 1. The molecule has 5 rings (SSSR count). The first-order chi connectivity index (χ1) is 20.5. The lowest BCUT2D eigenvalue weighted by molar-refractivity contribution is 0.0445. The number of pyridine rings is 1. The molecule has 8 N–H and O–H groups in total. The number of guanidine groups is 1. The van der Waals surface area contributed by atoms with Crippen molar-refractivity contribution in [2.45, 2.75) is 44.4 Å². The van der Waals surface area contributed by atoms with E-state index in [2.05, 4.69) is 42.3 Å². The number of hydrogen-bond acceptors (Lipinski definition) is 8. The van der Waals surface area contributed by atoms with Crippen molar-refractivity contribution in [3.05, 3.63) is 82.7 Å². The Bertz CT molecular complexity index is 1480. The zero-order chi connectivity index (χ0) is 29.1. The predicted octanol–water partition coefficient (Wildman–Crippen LogP) is 1.86. The highest BCUT2D eigenvalue weighted by Gasteiger charge is 2.13. The summed E-state index contributed by atoms with van der Waals surface area (Å²) in [5.74, 6) is 0.708. The van der Waals surface area contributed by atoms with Crippen molar-refractivity contribution in [3.63, 3.8) is 0 Å². The standard InChI is InChI=1S/C30H40N10O2/c31-29(32)36-16-11-26(18-37-27-3-1-2-12-35-27)42-20-21-4-6-25(7-5-21)40-19-22-17-24(38-28(22)39-30(40)41)10-15-34-23-8-13-33-14-9-23/h1-7,12,17,19,23,26,33-34H,8-11,13-16,18,20H2,(H,35,37)(H4,31,32,36)(H,38,39,41)/t26-/m1/s1. The van der Waals surface area contributed by atoms with E-state index in [9.17, 15) is 4.79 Å². The first-order valence-corrected chi connectivity index (χ1v) is 14.5. The second-order valence-electron chi connectivity index (χ2n) is 10.5. The van der Waals surface area contributed by atoms with Gasteiger partial charge in [-0.05, 0) is 68.2 Å². The lowest BCUT2D eigenvalue weighted by Crippen LogP contribution is -2.40. The molecule has 1 aliphatic heterocycles. The van der Waals surface area contributed by atoms with Gasteiger partial charge in [-0.2, -0.15) is 4.98 Å². The fourth-order valence-electron chi connectivity index (χ4n) is 5.07. The smallest absolute Gasteiger partial charge is 0.354 e. The Labute approximate surface area is 245 Å². The van der Waals surface area contributed by atoms with Crippen LogP contribution in [0.15, 0.2) is 65.7 Å². The molecule has 42 heavy (non-hydrogen) atoms. The Kier molecular flexibility index (Phi) is 10.1. The molecule has 4 aromatic rings. The quantitative estimate of drug-likeness (QED) is 0.0880. The van der Waals surface area contributed by atoms with Gasteiger partial charge in [0.1, 0.15) is 11.5 Å². The lowest BCUT2D eigenvalue weighted by Gasteiger charge is -2.23. The van der Waals surface area contributed by atoms with Gasteiger partial charge in [-0.25, -0.2) is 9.78 Å². The molecular formula is C30H40N10O2. The maximum Gasteiger partial charge on any atom is 0.354 e. The number of benzene rings is 1. The van der Waals surface area contributed by atoms with Crippen molar-refractivity contribution in [2.75, 3.05) is 38.0 Å². The summed E-state index contributed by atoms with van der Waals surface area (Å²) in [5, 5.41) is 21.4. The molecule has 3 aromatic heterocycles. The number of rotatable bonds is 14. The highest BCUT2D eigenvalue weighted by atomic mass is 16.5. The lowest BCUT2D eigenvalue weighted by atomic mass is 10.1. The van der Waals surface area contributed by atoms with Crippen LogP contribution in [0.5, 0.6) is 0 Å². The first-order valence-electron chi connectivity index (χ1n) is 14.5. The normalized spacial score (nSPS) is 14.6. The van der Waals surface area contributed by atoms with Crippen LogP contribution in [0.3, 0.4) is 0 Å². The first kappa shape index (κ1) is 29.2. The largest absolute Gasteiger partial charge is 0.372 e. The molecule has 1 atom stereocenters. The molecule has 4 heterocycles. The molecule has 1 aromatic carbocycles. The molecule has 222 valence electrons. The van der Waals surface area contributed by atoms with Gasteiger partial charge in [-0.3, -0.25) is 9.98 Å². The summed E-state index contributed by atoms with van der Waals surface area (Å²) in [6.07, 6.45) is 7.27. The second kappa shape index (κ2) is 14.6. The van der Waals surface area contributed by atoms with E-state index >= 15 is 0 Å². The van der Waals surface area contributed by atoms with Crippen LogP contribution in [0, 0.1) is 5.41 Å². The Hall–Kier alpha value is -4.26. The fraction of sp³-hybridized carbons (Fsp3) is 0.400. The van der Waals surface area contributed by atoms with Gasteiger partial charge in [0, 0.05) is 55.6 Å². The number of hydrogen-bond donors (Lipinski definition) is 7. The third-order valence-electron chi connectivity index (χ3n) is 7.39. The predicted molar refractivity (Wildman–Crippen MR) is 165 cm³/mol. The number of nitrogens with two attached hydrogens (primary N) is 1. The second-order valence-corrected chi connectivity index (χ2v) is 10.5. The molecule has 0 aliphatic carbocycles. The van der Waals surface area contributed by atoms with E-state index in [0.717, 1.165) is 67.0 Å². The van der Waals surface area contributed by atoms with Crippen molar-refractivity contribution < 1.29 is 4.74 Å². The Morgan fingerprint density at radius 3 is 2.76 bits per heavy atom. The van der Waals surface area contributed by atoms with Crippen molar-refractivity contribution >= 4 is 22.8 Å². The topological polar surface area (TPSA) is 171 Å². The van der Waals surface area contributed by atoms with Gasteiger partial charge in [0.2, 0.25) is 0 Å². The fourth-order valence-corrected chi connectivity index (χ4v) is 5.07. The van der Waals surface area contributed by atoms with E-state index in [4.69, 9.17) is 15.9 Å². The SMILES string of the molecule is N=C(N)NCC[C@H](CNc1ccccn1)OCc1ccc(-n2cc3cc(CCNC4CCNCC4)[nH]c3nc2=O)cc1. The van der Waals surface area contributed by atoms with Crippen molar-refractivity contribution in [3.8, 4) is 5.69 Å². The average Bonchev–Trinajstić information content (AvgIpc) is 3.40. The molecule has 0 saturated carbocycles. The van der Waals surface area contributed by atoms with E-state index < -0.39 is 0 Å². The van der Waals surface area contributed by atoms with Crippen LogP contribution in [0.25, 0.3) is 16.7 Å². The van der Waals surface area contributed by atoms with Gasteiger partial charge in [-0.15, -0.1) is 0 Å². The van der Waals surface area contributed by atoms with Crippen LogP contribution in [0.1, 0.15) is 30.5 Å². The monoisotopic (exact) mass is 572 g/mol. The van der Waals surface area contributed by atoms with Gasteiger partial charge in [0.15, 0.2) is 5.96 Å². The number of nitrogens with zero attached hydrogens (tertiary/aromatic N) is 3. The molecule has 1 fully saturated rings.